The highest BCUT2D eigenvalue weighted by Crippen LogP contribution is 2.18. The van der Waals surface area contributed by atoms with Crippen molar-refractivity contribution in [2.45, 2.75) is 19.9 Å². The van der Waals surface area contributed by atoms with Gasteiger partial charge < -0.3 is 15.5 Å². The number of carboxylic acids is 2. The van der Waals surface area contributed by atoms with Gasteiger partial charge in [-0.1, -0.05) is 13.8 Å². The molecule has 1 rings (SSSR count). The molecular formula is C9H12N2O4S. The molecule has 0 aliphatic carbocycles. The number of hydrogen-bond acceptors (Lipinski definition) is 5. The number of aromatic nitrogens is 1. The van der Waals surface area contributed by atoms with Crippen LogP contribution in [0.2, 0.25) is 0 Å². The first-order chi connectivity index (χ1) is 7.41. The Hall–Kier alpha value is -1.63. The third-order valence-corrected chi connectivity index (χ3v) is 2.71. The molecule has 0 aliphatic rings. The van der Waals surface area contributed by atoms with E-state index in [1.165, 1.54) is 5.38 Å². The molecule has 88 valence electrons. The van der Waals surface area contributed by atoms with Gasteiger partial charge in [0.05, 0.1) is 0 Å². The van der Waals surface area contributed by atoms with E-state index in [1.54, 1.807) is 13.8 Å². The van der Waals surface area contributed by atoms with Crippen LogP contribution in [-0.2, 0) is 4.79 Å². The van der Waals surface area contributed by atoms with Crippen molar-refractivity contribution in [1.82, 2.24) is 4.98 Å². The van der Waals surface area contributed by atoms with Crippen LogP contribution in [-0.4, -0.2) is 33.2 Å². The molecule has 1 atom stereocenters. The van der Waals surface area contributed by atoms with E-state index < -0.39 is 18.0 Å². The Labute approximate surface area is 95.9 Å². The van der Waals surface area contributed by atoms with Crippen LogP contribution in [0.25, 0.3) is 0 Å². The van der Waals surface area contributed by atoms with Crippen molar-refractivity contribution in [2.24, 2.45) is 5.92 Å². The second kappa shape index (κ2) is 4.93. The molecule has 0 saturated carbocycles. The predicted molar refractivity (Wildman–Crippen MR) is 59.0 cm³/mol. The number of aliphatic carboxylic acids is 1. The lowest BCUT2D eigenvalue weighted by atomic mass is 10.1. The number of hydrogen-bond donors (Lipinski definition) is 3. The molecule has 0 aliphatic heterocycles. The van der Waals surface area contributed by atoms with Gasteiger partial charge >= 0.3 is 11.9 Å². The third-order valence-electron chi connectivity index (χ3n) is 1.93. The predicted octanol–water partition coefficient (Wildman–Crippen LogP) is 1.36. The molecule has 1 heterocycles. The van der Waals surface area contributed by atoms with Crippen molar-refractivity contribution in [2.75, 3.05) is 5.32 Å². The van der Waals surface area contributed by atoms with Gasteiger partial charge in [-0.25, -0.2) is 14.6 Å². The molecule has 6 nitrogen and oxygen atoms in total. The van der Waals surface area contributed by atoms with Gasteiger partial charge in [0.2, 0.25) is 0 Å². The smallest absolute Gasteiger partial charge is 0.355 e. The lowest BCUT2D eigenvalue weighted by Crippen LogP contribution is -2.34. The zero-order chi connectivity index (χ0) is 12.3. The first-order valence-electron chi connectivity index (χ1n) is 4.60. The van der Waals surface area contributed by atoms with Crippen molar-refractivity contribution in [1.29, 1.82) is 0 Å². The van der Waals surface area contributed by atoms with Crippen LogP contribution in [0.15, 0.2) is 5.38 Å². The third kappa shape index (κ3) is 2.93. The maximum absolute atomic E-state index is 10.9. The molecule has 3 N–H and O–H groups in total. The Morgan fingerprint density at radius 3 is 2.44 bits per heavy atom. The zero-order valence-corrected chi connectivity index (χ0v) is 9.61. The van der Waals surface area contributed by atoms with Crippen molar-refractivity contribution in [3.8, 4) is 0 Å². The summed E-state index contributed by atoms with van der Waals surface area (Å²) in [5.41, 5.74) is -0.0830. The van der Waals surface area contributed by atoms with E-state index in [-0.39, 0.29) is 11.6 Å². The highest BCUT2D eigenvalue weighted by molar-refractivity contribution is 7.13. The normalized spacial score (nSPS) is 12.4. The molecule has 16 heavy (non-hydrogen) atoms. The summed E-state index contributed by atoms with van der Waals surface area (Å²) in [5, 5.41) is 21.9. The lowest BCUT2D eigenvalue weighted by molar-refractivity contribution is -0.138. The minimum atomic E-state index is -1.12. The van der Waals surface area contributed by atoms with Gasteiger partial charge in [0.25, 0.3) is 0 Å². The minimum absolute atomic E-state index is 0.0830. The minimum Gasteiger partial charge on any atom is -0.480 e. The number of thiazole rings is 1. The van der Waals surface area contributed by atoms with Gasteiger partial charge in [-0.15, -0.1) is 11.3 Å². The van der Waals surface area contributed by atoms with Crippen molar-refractivity contribution >= 4 is 28.4 Å². The number of anilines is 1. The summed E-state index contributed by atoms with van der Waals surface area (Å²) in [6.45, 7) is 3.52. The molecule has 0 saturated heterocycles. The SMILES string of the molecule is CC(C)C(Nc1nc(C(=O)O)cs1)C(=O)O. The summed E-state index contributed by atoms with van der Waals surface area (Å²) in [4.78, 5) is 25.2. The molecule has 1 aromatic rings. The largest absolute Gasteiger partial charge is 0.480 e. The number of nitrogens with one attached hydrogen (secondary N) is 1. The van der Waals surface area contributed by atoms with Crippen molar-refractivity contribution < 1.29 is 19.8 Å². The summed E-state index contributed by atoms with van der Waals surface area (Å²) >= 11 is 1.07. The topological polar surface area (TPSA) is 99.5 Å². The van der Waals surface area contributed by atoms with E-state index in [2.05, 4.69) is 10.3 Å². The fraction of sp³-hybridized carbons (Fsp3) is 0.444. The molecule has 7 heteroatoms. The molecule has 1 aromatic heterocycles. The van der Waals surface area contributed by atoms with Crippen LogP contribution in [0.3, 0.4) is 0 Å². The molecule has 1 unspecified atom stereocenters. The summed E-state index contributed by atoms with van der Waals surface area (Å²) in [5.74, 6) is -2.22. The Balaban J connectivity index is 2.78. The quantitative estimate of drug-likeness (QED) is 0.723. The fourth-order valence-corrected chi connectivity index (χ4v) is 1.81. The highest BCUT2D eigenvalue weighted by atomic mass is 32.1. The molecule has 0 radical (unpaired) electrons. The molecular weight excluding hydrogens is 232 g/mol. The van der Waals surface area contributed by atoms with Gasteiger partial charge in [0, 0.05) is 5.38 Å². The summed E-state index contributed by atoms with van der Waals surface area (Å²) in [6.07, 6.45) is 0. The first-order valence-corrected chi connectivity index (χ1v) is 5.48. The van der Waals surface area contributed by atoms with Crippen molar-refractivity contribution in [3.05, 3.63) is 11.1 Å². The lowest BCUT2D eigenvalue weighted by Gasteiger charge is -2.16. The average Bonchev–Trinajstić information content (AvgIpc) is 2.61. The van der Waals surface area contributed by atoms with Crippen LogP contribution < -0.4 is 5.32 Å². The summed E-state index contributed by atoms with van der Waals surface area (Å²) < 4.78 is 0. The van der Waals surface area contributed by atoms with Crippen LogP contribution in [0, 0.1) is 5.92 Å². The Bertz CT molecular complexity index is 402. The standard InChI is InChI=1S/C9H12N2O4S/c1-4(2)6(8(14)15)11-9-10-5(3-16-9)7(12)13/h3-4,6H,1-2H3,(H,10,11)(H,12,13)(H,14,15). The monoisotopic (exact) mass is 244 g/mol. The maximum Gasteiger partial charge on any atom is 0.355 e. The first kappa shape index (κ1) is 12.4. The fourth-order valence-electron chi connectivity index (χ4n) is 1.08. The second-order valence-corrected chi connectivity index (χ2v) is 4.41. The molecule has 0 bridgehead atoms. The highest BCUT2D eigenvalue weighted by Gasteiger charge is 2.22. The van der Waals surface area contributed by atoms with E-state index in [9.17, 15) is 9.59 Å². The van der Waals surface area contributed by atoms with Crippen LogP contribution >= 0.6 is 11.3 Å². The number of carboxylic acid groups (broad SMARTS) is 2. The summed E-state index contributed by atoms with van der Waals surface area (Å²) in [6, 6.07) is -0.771. The zero-order valence-electron chi connectivity index (χ0n) is 8.80. The van der Waals surface area contributed by atoms with Gasteiger partial charge in [-0.2, -0.15) is 0 Å². The number of rotatable bonds is 5. The number of carbonyl (C=O) groups is 2. The van der Waals surface area contributed by atoms with E-state index in [0.717, 1.165) is 11.3 Å². The number of aromatic carboxylic acids is 1. The Kier molecular flexibility index (Phi) is 3.83. The maximum atomic E-state index is 10.9. The Morgan fingerprint density at radius 1 is 1.44 bits per heavy atom. The van der Waals surface area contributed by atoms with Crippen LogP contribution in [0.4, 0.5) is 5.13 Å². The van der Waals surface area contributed by atoms with E-state index in [0.29, 0.717) is 5.13 Å². The second-order valence-electron chi connectivity index (χ2n) is 3.55. The van der Waals surface area contributed by atoms with E-state index >= 15 is 0 Å². The van der Waals surface area contributed by atoms with Crippen LogP contribution in [0.5, 0.6) is 0 Å². The van der Waals surface area contributed by atoms with Gasteiger partial charge in [-0.3, -0.25) is 0 Å². The van der Waals surface area contributed by atoms with Gasteiger partial charge in [-0.05, 0) is 5.92 Å². The van der Waals surface area contributed by atoms with Crippen LogP contribution in [0.1, 0.15) is 24.3 Å². The molecule has 0 spiro atoms. The molecule has 0 fully saturated rings. The van der Waals surface area contributed by atoms with Gasteiger partial charge in [0.1, 0.15) is 6.04 Å². The van der Waals surface area contributed by atoms with E-state index in [4.69, 9.17) is 10.2 Å². The summed E-state index contributed by atoms with van der Waals surface area (Å²) in [7, 11) is 0. The Morgan fingerprint density at radius 2 is 2.06 bits per heavy atom. The number of nitrogens with zero attached hydrogens (tertiary/aromatic N) is 1. The van der Waals surface area contributed by atoms with Crippen molar-refractivity contribution in [3.63, 3.8) is 0 Å². The molecule has 0 amide bonds. The molecule has 0 aromatic carbocycles. The average molecular weight is 244 g/mol. The van der Waals surface area contributed by atoms with Gasteiger partial charge in [0.15, 0.2) is 10.8 Å². The van der Waals surface area contributed by atoms with E-state index in [1.807, 2.05) is 0 Å².